The molecule has 4 unspecified atom stereocenters. The van der Waals surface area contributed by atoms with Gasteiger partial charge in [-0.05, 0) is 136 Å². The number of anilines is 3. The van der Waals surface area contributed by atoms with Gasteiger partial charge in [0, 0.05) is 16.8 Å². The monoisotopic (exact) mass is 703 g/mol. The maximum atomic E-state index is 7.52. The van der Waals surface area contributed by atoms with Gasteiger partial charge < -0.3 is 4.90 Å². The second-order valence-electron chi connectivity index (χ2n) is 15.7. The van der Waals surface area contributed by atoms with Crippen LogP contribution in [0.2, 0.25) is 5.02 Å². The van der Waals surface area contributed by atoms with Crippen LogP contribution in [-0.2, 0) is 5.41 Å². The molecule has 0 saturated heterocycles. The Hall–Kier alpha value is -5.37. The van der Waals surface area contributed by atoms with Gasteiger partial charge in [0.15, 0.2) is 0 Å². The van der Waals surface area contributed by atoms with Gasteiger partial charge >= 0.3 is 0 Å². The molecule has 53 heavy (non-hydrogen) atoms. The molecule has 0 N–H and O–H groups in total. The lowest BCUT2D eigenvalue weighted by Crippen LogP contribution is -2.42. The molecular weight excluding hydrogens is 662 g/mol. The van der Waals surface area contributed by atoms with Crippen molar-refractivity contribution in [2.24, 2.45) is 17.8 Å². The third kappa shape index (κ3) is 5.20. The van der Waals surface area contributed by atoms with Gasteiger partial charge in [-0.1, -0.05) is 152 Å². The summed E-state index contributed by atoms with van der Waals surface area (Å²) in [5, 5.41) is 3.27. The Labute approximate surface area is 318 Å². The number of nitrogens with zero attached hydrogens (tertiary/aromatic N) is 1. The molecule has 0 amide bonds. The third-order valence-corrected chi connectivity index (χ3v) is 12.9. The fourth-order valence-electron chi connectivity index (χ4n) is 10.2. The molecule has 2 heteroatoms. The average molecular weight is 704 g/mol. The molecule has 0 aromatic heterocycles. The highest BCUT2D eigenvalue weighted by Crippen LogP contribution is 2.62. The van der Waals surface area contributed by atoms with E-state index in [1.54, 1.807) is 5.57 Å². The molecule has 1 fully saturated rings. The van der Waals surface area contributed by atoms with Crippen LogP contribution in [0.15, 0.2) is 169 Å². The molecule has 4 atom stereocenters. The second-order valence-corrected chi connectivity index (χ2v) is 16.1. The summed E-state index contributed by atoms with van der Waals surface area (Å²) in [7, 11) is 0. The molecule has 7 aromatic carbocycles. The van der Waals surface area contributed by atoms with Crippen LogP contribution in [0, 0.1) is 17.8 Å². The Kier molecular flexibility index (Phi) is 7.70. The molecule has 1 saturated carbocycles. The van der Waals surface area contributed by atoms with Crippen LogP contribution >= 0.6 is 11.6 Å². The summed E-state index contributed by atoms with van der Waals surface area (Å²) in [6.07, 6.45) is 6.46. The van der Waals surface area contributed by atoms with Crippen molar-refractivity contribution in [3.05, 3.63) is 186 Å². The number of benzene rings is 7. The zero-order valence-electron chi connectivity index (χ0n) is 30.3. The minimum atomic E-state index is -0.165. The Morgan fingerprint density at radius 3 is 2.00 bits per heavy atom. The van der Waals surface area contributed by atoms with E-state index in [9.17, 15) is 0 Å². The average Bonchev–Trinajstić information content (AvgIpc) is 3.46. The molecule has 0 aliphatic heterocycles. The number of rotatable bonds is 5. The highest BCUT2D eigenvalue weighted by atomic mass is 35.5. The van der Waals surface area contributed by atoms with Crippen molar-refractivity contribution in [1.82, 2.24) is 0 Å². The van der Waals surface area contributed by atoms with Gasteiger partial charge in [0.05, 0.1) is 10.7 Å². The fourth-order valence-corrected chi connectivity index (χ4v) is 10.4. The minimum absolute atomic E-state index is 0.165. The maximum Gasteiger partial charge on any atom is 0.0653 e. The molecule has 3 aliphatic rings. The highest BCUT2D eigenvalue weighted by Gasteiger charge is 2.52. The molecule has 1 spiro atoms. The second kappa shape index (κ2) is 12.6. The quantitative estimate of drug-likeness (QED) is 0.161. The van der Waals surface area contributed by atoms with E-state index in [2.05, 4.69) is 183 Å². The Bertz CT molecular complexity index is 2530. The van der Waals surface area contributed by atoms with Crippen LogP contribution in [0.3, 0.4) is 0 Å². The van der Waals surface area contributed by atoms with Gasteiger partial charge in [-0.25, -0.2) is 0 Å². The van der Waals surface area contributed by atoms with E-state index in [1.807, 2.05) is 0 Å². The number of halogens is 1. The molecule has 7 aromatic rings. The summed E-state index contributed by atoms with van der Waals surface area (Å²) in [5.74, 6) is 1.94. The minimum Gasteiger partial charge on any atom is -0.309 e. The van der Waals surface area contributed by atoms with E-state index < -0.39 is 0 Å². The van der Waals surface area contributed by atoms with Crippen molar-refractivity contribution in [1.29, 1.82) is 0 Å². The Morgan fingerprint density at radius 2 is 1.21 bits per heavy atom. The summed E-state index contributed by atoms with van der Waals surface area (Å²) < 4.78 is 0. The number of allylic oxidation sites excluding steroid dienone is 2. The summed E-state index contributed by atoms with van der Waals surface area (Å²) in [4.78, 5) is 2.37. The summed E-state index contributed by atoms with van der Waals surface area (Å²) in [5.41, 5.74) is 14.8. The molecular formula is C51H42ClN. The largest absolute Gasteiger partial charge is 0.309 e. The smallest absolute Gasteiger partial charge is 0.0653 e. The van der Waals surface area contributed by atoms with Crippen molar-refractivity contribution in [3.8, 4) is 33.4 Å². The SMILES string of the molecule is CC1=CC2(c3ccccc3-c3cc(Cl)c(N(c4ccc(-c5ccccc5)cc4)c4ccc(-c5cccc6ccccc56)cc4)cc32)C2CC(C)CC1C2. The van der Waals surface area contributed by atoms with E-state index in [0.717, 1.165) is 22.1 Å². The van der Waals surface area contributed by atoms with Crippen molar-refractivity contribution in [2.45, 2.75) is 38.5 Å². The van der Waals surface area contributed by atoms with Gasteiger partial charge in [-0.15, -0.1) is 0 Å². The number of hydrogen-bond acceptors (Lipinski definition) is 1. The zero-order valence-corrected chi connectivity index (χ0v) is 31.0. The van der Waals surface area contributed by atoms with Crippen molar-refractivity contribution in [2.75, 3.05) is 4.90 Å². The predicted molar refractivity (Wildman–Crippen MR) is 224 cm³/mol. The maximum absolute atomic E-state index is 7.52. The Morgan fingerprint density at radius 1 is 0.566 bits per heavy atom. The van der Waals surface area contributed by atoms with Gasteiger partial charge in [0.1, 0.15) is 0 Å². The van der Waals surface area contributed by atoms with E-state index >= 15 is 0 Å². The molecule has 1 nitrogen and oxygen atoms in total. The lowest BCUT2D eigenvalue weighted by atomic mass is 9.55. The molecule has 3 aliphatic carbocycles. The van der Waals surface area contributed by atoms with Crippen molar-refractivity contribution in [3.63, 3.8) is 0 Å². The van der Waals surface area contributed by atoms with Crippen LogP contribution < -0.4 is 4.90 Å². The van der Waals surface area contributed by atoms with Gasteiger partial charge in [-0.2, -0.15) is 0 Å². The zero-order chi connectivity index (χ0) is 35.7. The van der Waals surface area contributed by atoms with E-state index in [-0.39, 0.29) is 5.41 Å². The lowest BCUT2D eigenvalue weighted by molar-refractivity contribution is 0.168. The predicted octanol–water partition coefficient (Wildman–Crippen LogP) is 14.6. The van der Waals surface area contributed by atoms with E-state index in [0.29, 0.717) is 17.8 Å². The molecule has 0 heterocycles. The molecule has 10 rings (SSSR count). The van der Waals surface area contributed by atoms with Crippen molar-refractivity contribution < 1.29 is 0 Å². The first-order valence-corrected chi connectivity index (χ1v) is 19.5. The highest BCUT2D eigenvalue weighted by molar-refractivity contribution is 6.34. The van der Waals surface area contributed by atoms with Gasteiger partial charge in [0.25, 0.3) is 0 Å². The lowest BCUT2D eigenvalue weighted by Gasteiger charge is -2.49. The first-order valence-electron chi connectivity index (χ1n) is 19.1. The van der Waals surface area contributed by atoms with Crippen LogP contribution in [0.5, 0.6) is 0 Å². The normalized spacial score (nSPS) is 21.3. The molecule has 0 radical (unpaired) electrons. The van der Waals surface area contributed by atoms with Crippen LogP contribution in [0.4, 0.5) is 17.1 Å². The summed E-state index contributed by atoms with van der Waals surface area (Å²) >= 11 is 7.52. The fraction of sp³-hybridized carbons (Fsp3) is 0.176. The van der Waals surface area contributed by atoms with Gasteiger partial charge in [0.2, 0.25) is 0 Å². The topological polar surface area (TPSA) is 3.24 Å². The van der Waals surface area contributed by atoms with E-state index in [4.69, 9.17) is 11.6 Å². The van der Waals surface area contributed by atoms with Gasteiger partial charge in [-0.3, -0.25) is 0 Å². The first kappa shape index (κ1) is 32.3. The van der Waals surface area contributed by atoms with Crippen molar-refractivity contribution >= 4 is 39.4 Å². The van der Waals surface area contributed by atoms with Crippen LogP contribution in [0.1, 0.15) is 44.2 Å². The molecule has 258 valence electrons. The Balaban J connectivity index is 1.16. The number of hydrogen-bond donors (Lipinski definition) is 0. The van der Waals surface area contributed by atoms with Crippen LogP contribution in [0.25, 0.3) is 44.2 Å². The standard InChI is InChI=1S/C51H42ClN/c1-33-27-39-29-40(28-33)51(32-34(39)2)47-18-9-8-16-45(47)46-30-49(52)50(31-48(46)51)53(41-23-19-36(20-24-41)35-11-4-3-5-12-35)42-25-21-38(22-26-42)44-17-10-14-37-13-6-7-15-43(37)44/h3-26,30-33,39-40H,27-29H2,1-2H3. The number of fused-ring (bicyclic) bond motifs is 9. The van der Waals surface area contributed by atoms with Crippen LogP contribution in [-0.4, -0.2) is 0 Å². The first-order chi connectivity index (χ1) is 26.0. The van der Waals surface area contributed by atoms with E-state index in [1.165, 1.54) is 74.5 Å². The summed E-state index contributed by atoms with van der Waals surface area (Å²) in [6.45, 7) is 4.85. The summed E-state index contributed by atoms with van der Waals surface area (Å²) in [6, 6.07) is 57.6. The molecule has 2 bridgehead atoms. The third-order valence-electron chi connectivity index (χ3n) is 12.6.